The number of hydrogen-bond donors (Lipinski definition) is 0. The molecule has 1 aliphatic heterocycles. The smallest absolute Gasteiger partial charge is 0.411 e. The number of aromatic nitrogens is 1. The van der Waals surface area contributed by atoms with E-state index >= 15 is 0 Å². The van der Waals surface area contributed by atoms with Crippen LogP contribution >= 0.6 is 0 Å². The lowest BCUT2D eigenvalue weighted by Crippen LogP contribution is -2.42. The zero-order valence-corrected chi connectivity index (χ0v) is 18.9. The second kappa shape index (κ2) is 8.43. The van der Waals surface area contributed by atoms with E-state index < -0.39 is 5.60 Å². The maximum atomic E-state index is 12.9. The van der Waals surface area contributed by atoms with Crippen molar-refractivity contribution in [3.05, 3.63) is 78.0 Å². The minimum atomic E-state index is -0.607. The van der Waals surface area contributed by atoms with Crippen molar-refractivity contribution in [2.45, 2.75) is 57.2 Å². The Kier molecular flexibility index (Phi) is 5.44. The number of para-hydroxylation sites is 1. The maximum Gasteiger partial charge on any atom is 0.411 e. The molecular formula is C27H27N3O3. The first-order chi connectivity index (χ1) is 15.9. The lowest BCUT2D eigenvalue weighted by atomic mass is 9.87. The molecule has 2 aromatic carbocycles. The Balaban J connectivity index is 1.33. The molecule has 0 unspecified atom stereocenters. The first-order valence-corrected chi connectivity index (χ1v) is 11.4. The Hall–Kier alpha value is -3.54. The van der Waals surface area contributed by atoms with Gasteiger partial charge in [-0.25, -0.2) is 9.79 Å². The number of benzene rings is 2. The third-order valence-electron chi connectivity index (χ3n) is 6.66. The summed E-state index contributed by atoms with van der Waals surface area (Å²) in [6, 6.07) is 19.4. The molecule has 6 heteroatoms. The third kappa shape index (κ3) is 4.01. The summed E-state index contributed by atoms with van der Waals surface area (Å²) in [4.78, 5) is 36.5. The van der Waals surface area contributed by atoms with Crippen LogP contribution in [0.5, 0.6) is 0 Å². The number of pyridine rings is 1. The first kappa shape index (κ1) is 21.3. The van der Waals surface area contributed by atoms with Gasteiger partial charge in [0.15, 0.2) is 0 Å². The van der Waals surface area contributed by atoms with Gasteiger partial charge in [0.2, 0.25) is 0 Å². The molecule has 2 fully saturated rings. The number of cyclic esters (lactones) is 1. The molecule has 0 bridgehead atoms. The molecule has 1 saturated carbocycles. The van der Waals surface area contributed by atoms with Crippen LogP contribution in [0, 0.1) is 0 Å². The van der Waals surface area contributed by atoms with Crippen molar-refractivity contribution in [3.63, 3.8) is 0 Å². The van der Waals surface area contributed by atoms with E-state index in [9.17, 15) is 9.59 Å². The van der Waals surface area contributed by atoms with Gasteiger partial charge in [0, 0.05) is 23.3 Å². The SMILES string of the molecule is CC1(C)OC(=O)N(C2CCC(=NC(=O)c3cccc4cccnc34)CC2)[C@H]1c1ccccc1. The molecule has 2 heterocycles. The standard InChI is InChI=1S/C27H27N3O3/c1-27(2)24(19-8-4-3-5-9-19)30(26(32)33-27)21-15-13-20(14-16-21)29-25(31)22-12-6-10-18-11-7-17-28-23(18)22/h3-12,17,21,24H,13-16H2,1-2H3/t21?,24-/m0/s1. The lowest BCUT2D eigenvalue weighted by molar-refractivity contribution is 0.0667. The minimum absolute atomic E-state index is 0.0535. The van der Waals surface area contributed by atoms with Crippen LogP contribution in [0.4, 0.5) is 4.79 Å². The molecule has 1 aliphatic carbocycles. The Labute approximate surface area is 193 Å². The van der Waals surface area contributed by atoms with Gasteiger partial charge < -0.3 is 4.74 Å². The van der Waals surface area contributed by atoms with Gasteiger partial charge in [-0.3, -0.25) is 14.7 Å². The highest BCUT2D eigenvalue weighted by Crippen LogP contribution is 2.44. The van der Waals surface area contributed by atoms with Crippen LogP contribution in [-0.2, 0) is 4.74 Å². The fraction of sp³-hybridized carbons (Fsp3) is 0.333. The zero-order valence-electron chi connectivity index (χ0n) is 18.9. The molecule has 0 N–H and O–H groups in total. The van der Waals surface area contributed by atoms with Crippen molar-refractivity contribution >= 4 is 28.6 Å². The molecular weight excluding hydrogens is 414 g/mol. The quantitative estimate of drug-likeness (QED) is 0.520. The van der Waals surface area contributed by atoms with Gasteiger partial charge in [-0.1, -0.05) is 48.5 Å². The van der Waals surface area contributed by atoms with E-state index in [0.717, 1.165) is 29.5 Å². The van der Waals surface area contributed by atoms with Crippen LogP contribution in [0.1, 0.15) is 61.5 Å². The Morgan fingerprint density at radius 3 is 2.52 bits per heavy atom. The van der Waals surface area contributed by atoms with Crippen LogP contribution in [0.3, 0.4) is 0 Å². The van der Waals surface area contributed by atoms with Crippen molar-refractivity contribution in [3.8, 4) is 0 Å². The number of ether oxygens (including phenoxy) is 1. The fourth-order valence-electron chi connectivity index (χ4n) is 5.14. The summed E-state index contributed by atoms with van der Waals surface area (Å²) in [6.45, 7) is 3.93. The molecule has 1 saturated heterocycles. The fourth-order valence-corrected chi connectivity index (χ4v) is 5.14. The van der Waals surface area contributed by atoms with Crippen molar-refractivity contribution in [2.75, 3.05) is 0 Å². The number of carbonyl (C=O) groups excluding carboxylic acids is 2. The predicted octanol–water partition coefficient (Wildman–Crippen LogP) is 5.73. The zero-order chi connectivity index (χ0) is 23.0. The second-order valence-electron chi connectivity index (χ2n) is 9.29. The Bertz CT molecular complexity index is 1220. The predicted molar refractivity (Wildman–Crippen MR) is 127 cm³/mol. The van der Waals surface area contributed by atoms with Crippen LogP contribution < -0.4 is 0 Å². The van der Waals surface area contributed by atoms with Gasteiger partial charge in [-0.15, -0.1) is 0 Å². The van der Waals surface area contributed by atoms with Crippen LogP contribution in [0.15, 0.2) is 71.9 Å². The van der Waals surface area contributed by atoms with E-state index in [4.69, 9.17) is 4.74 Å². The average molecular weight is 442 g/mol. The van der Waals surface area contributed by atoms with Gasteiger partial charge in [0.25, 0.3) is 5.91 Å². The molecule has 168 valence electrons. The van der Waals surface area contributed by atoms with Gasteiger partial charge in [-0.2, -0.15) is 0 Å². The van der Waals surface area contributed by atoms with E-state index in [2.05, 4.69) is 9.98 Å². The Morgan fingerprint density at radius 2 is 1.76 bits per heavy atom. The summed E-state index contributed by atoms with van der Waals surface area (Å²) >= 11 is 0. The summed E-state index contributed by atoms with van der Waals surface area (Å²) in [7, 11) is 0. The van der Waals surface area contributed by atoms with E-state index in [1.807, 2.05) is 73.3 Å². The summed E-state index contributed by atoms with van der Waals surface area (Å²) in [5.74, 6) is -0.253. The van der Waals surface area contributed by atoms with Gasteiger partial charge in [0.05, 0.1) is 17.1 Å². The summed E-state index contributed by atoms with van der Waals surface area (Å²) in [6.07, 6.45) is 4.30. The highest BCUT2D eigenvalue weighted by Gasteiger charge is 2.51. The Morgan fingerprint density at radius 1 is 1.03 bits per heavy atom. The largest absolute Gasteiger partial charge is 0.441 e. The number of hydrogen-bond acceptors (Lipinski definition) is 4. The summed E-state index contributed by atoms with van der Waals surface area (Å²) in [5.41, 5.74) is 2.55. The molecule has 33 heavy (non-hydrogen) atoms. The number of carbonyl (C=O) groups is 2. The molecule has 1 aromatic heterocycles. The molecule has 0 spiro atoms. The highest BCUT2D eigenvalue weighted by atomic mass is 16.6. The van der Waals surface area contributed by atoms with Crippen molar-refractivity contribution in [2.24, 2.45) is 4.99 Å². The van der Waals surface area contributed by atoms with Crippen LogP contribution in [-0.4, -0.2) is 39.2 Å². The van der Waals surface area contributed by atoms with Crippen molar-refractivity contribution in [1.82, 2.24) is 9.88 Å². The molecule has 1 atom stereocenters. The molecule has 0 radical (unpaired) electrons. The number of rotatable bonds is 3. The van der Waals surface area contributed by atoms with Crippen molar-refractivity contribution < 1.29 is 14.3 Å². The number of amides is 2. The second-order valence-corrected chi connectivity index (χ2v) is 9.29. The summed E-state index contributed by atoms with van der Waals surface area (Å²) < 4.78 is 5.77. The van der Waals surface area contributed by atoms with Gasteiger partial charge >= 0.3 is 6.09 Å². The topological polar surface area (TPSA) is 71.9 Å². The summed E-state index contributed by atoms with van der Waals surface area (Å²) in [5, 5.41) is 0.925. The van der Waals surface area contributed by atoms with Crippen LogP contribution in [0.25, 0.3) is 10.9 Å². The van der Waals surface area contributed by atoms with E-state index in [1.54, 1.807) is 12.3 Å². The maximum absolute atomic E-state index is 12.9. The van der Waals surface area contributed by atoms with Gasteiger partial charge in [-0.05, 0) is 57.2 Å². The van der Waals surface area contributed by atoms with Crippen LogP contribution in [0.2, 0.25) is 0 Å². The first-order valence-electron chi connectivity index (χ1n) is 11.4. The van der Waals surface area contributed by atoms with E-state index in [1.165, 1.54) is 0 Å². The molecule has 2 amide bonds. The molecule has 6 nitrogen and oxygen atoms in total. The average Bonchev–Trinajstić information content (AvgIpc) is 3.07. The molecule has 5 rings (SSSR count). The van der Waals surface area contributed by atoms with Crippen molar-refractivity contribution in [1.29, 1.82) is 0 Å². The normalized spacial score (nSPS) is 22.3. The monoisotopic (exact) mass is 441 g/mol. The highest BCUT2D eigenvalue weighted by molar-refractivity contribution is 6.10. The number of fused-ring (bicyclic) bond motifs is 1. The molecule has 2 aliphatic rings. The van der Waals surface area contributed by atoms with E-state index in [0.29, 0.717) is 23.9 Å². The minimum Gasteiger partial charge on any atom is -0.441 e. The van der Waals surface area contributed by atoms with E-state index in [-0.39, 0.29) is 24.1 Å². The third-order valence-corrected chi connectivity index (χ3v) is 6.66. The number of aliphatic imine (C=N–C) groups is 1. The molecule has 3 aromatic rings. The number of nitrogens with zero attached hydrogens (tertiary/aromatic N) is 3. The van der Waals surface area contributed by atoms with Gasteiger partial charge in [0.1, 0.15) is 5.60 Å². The lowest BCUT2D eigenvalue weighted by Gasteiger charge is -2.36.